The molecule has 4 aliphatic rings. The number of benzene rings is 1. The Bertz CT molecular complexity index is 1190. The predicted octanol–water partition coefficient (Wildman–Crippen LogP) is 3.76. The number of nitrogens with one attached hydrogen (secondary N) is 1. The Morgan fingerprint density at radius 1 is 1.15 bits per heavy atom. The van der Waals surface area contributed by atoms with E-state index in [0.29, 0.717) is 43.9 Å². The maximum atomic E-state index is 15.4. The van der Waals surface area contributed by atoms with E-state index in [1.165, 1.54) is 6.07 Å². The molecule has 0 radical (unpaired) electrons. The number of aliphatic hydroxyl groups is 1. The molecule has 1 amide bonds. The summed E-state index contributed by atoms with van der Waals surface area (Å²) in [5.74, 6) is -1.34. The minimum Gasteiger partial charge on any atom is -0.393 e. The van der Waals surface area contributed by atoms with E-state index < -0.39 is 11.7 Å². The van der Waals surface area contributed by atoms with E-state index in [9.17, 15) is 14.7 Å². The van der Waals surface area contributed by atoms with Crippen molar-refractivity contribution in [2.45, 2.75) is 83.1 Å². The number of amides is 1. The third kappa shape index (κ3) is 3.38. The molecule has 1 aromatic heterocycles. The molecule has 7 nitrogen and oxygen atoms in total. The summed E-state index contributed by atoms with van der Waals surface area (Å²) in [5, 5.41) is 13.2. The number of anilines is 1. The number of carbonyl (C=O) groups is 2. The van der Waals surface area contributed by atoms with Gasteiger partial charge in [-0.2, -0.15) is 0 Å². The van der Waals surface area contributed by atoms with E-state index in [0.717, 1.165) is 61.0 Å². The van der Waals surface area contributed by atoms with Crippen molar-refractivity contribution in [3.8, 4) is 5.69 Å². The lowest BCUT2D eigenvalue weighted by molar-refractivity contribution is 0.0694. The highest BCUT2D eigenvalue weighted by atomic mass is 19.1. The number of fused-ring (bicyclic) bond motifs is 3. The van der Waals surface area contributed by atoms with E-state index in [2.05, 4.69) is 5.32 Å². The smallest absolute Gasteiger partial charge is 0.253 e. The number of rotatable bonds is 4. The average Bonchev–Trinajstić information content (AvgIpc) is 3.33. The second kappa shape index (κ2) is 7.92. The Balaban J connectivity index is 1.47. The van der Waals surface area contributed by atoms with Crippen LogP contribution in [0.15, 0.2) is 12.1 Å². The SMILES string of the molecule is NC(=O)c1c(F)cc(-n2c3c(c4c2CC2(CCC2)CC4=O)COC3)cc1N[C@H]1CC[C@H](O)CC1. The van der Waals surface area contributed by atoms with Crippen LogP contribution in [0.5, 0.6) is 0 Å². The zero-order valence-electron chi connectivity index (χ0n) is 19.2. The number of primary amides is 1. The van der Waals surface area contributed by atoms with Gasteiger partial charge in [0.1, 0.15) is 5.82 Å². The lowest BCUT2D eigenvalue weighted by Crippen LogP contribution is -2.39. The Hall–Kier alpha value is -2.71. The van der Waals surface area contributed by atoms with E-state index in [-0.39, 0.29) is 28.9 Å². The molecule has 1 aromatic carbocycles. The number of Topliss-reactive ketones (excluding diaryl/α,β-unsaturated/α-hetero) is 1. The van der Waals surface area contributed by atoms with Gasteiger partial charge in [0.05, 0.1) is 41.9 Å². The molecule has 0 unspecified atom stereocenters. The molecular formula is C26H30FN3O4. The van der Waals surface area contributed by atoms with Gasteiger partial charge in [0, 0.05) is 29.3 Å². The number of hydrogen-bond donors (Lipinski definition) is 3. The highest BCUT2D eigenvalue weighted by molar-refractivity contribution is 6.01. The highest BCUT2D eigenvalue weighted by Gasteiger charge is 2.46. The fraction of sp³-hybridized carbons (Fsp3) is 0.538. The lowest BCUT2D eigenvalue weighted by atomic mass is 9.60. The minimum atomic E-state index is -0.825. The molecule has 4 N–H and O–H groups in total. The summed E-state index contributed by atoms with van der Waals surface area (Å²) >= 11 is 0. The first-order chi connectivity index (χ1) is 16.3. The van der Waals surface area contributed by atoms with Gasteiger partial charge in [0.25, 0.3) is 5.91 Å². The molecule has 8 heteroatoms. The number of carbonyl (C=O) groups excluding carboxylic acids is 2. The molecule has 2 aromatic rings. The molecule has 2 heterocycles. The van der Waals surface area contributed by atoms with Gasteiger partial charge in [-0.25, -0.2) is 4.39 Å². The lowest BCUT2D eigenvalue weighted by Gasteiger charge is -2.44. The van der Waals surface area contributed by atoms with Crippen molar-refractivity contribution in [1.29, 1.82) is 0 Å². The van der Waals surface area contributed by atoms with Crippen molar-refractivity contribution in [2.75, 3.05) is 5.32 Å². The number of halogens is 1. The van der Waals surface area contributed by atoms with Crippen LogP contribution in [0, 0.1) is 11.2 Å². The Labute approximate surface area is 197 Å². The van der Waals surface area contributed by atoms with Crippen molar-refractivity contribution >= 4 is 17.4 Å². The summed E-state index contributed by atoms with van der Waals surface area (Å²) < 4.78 is 23.1. The highest BCUT2D eigenvalue weighted by Crippen LogP contribution is 2.52. The number of ketones is 1. The van der Waals surface area contributed by atoms with Gasteiger partial charge in [-0.15, -0.1) is 0 Å². The third-order valence-electron chi connectivity index (χ3n) is 8.37. The van der Waals surface area contributed by atoms with Crippen LogP contribution in [0.2, 0.25) is 0 Å². The molecule has 6 rings (SSSR count). The number of nitrogens with zero attached hydrogens (tertiary/aromatic N) is 1. The molecule has 2 saturated carbocycles. The molecule has 1 aliphatic heterocycles. The Kier molecular flexibility index (Phi) is 5.08. The summed E-state index contributed by atoms with van der Waals surface area (Å²) in [6.45, 7) is 0.756. The quantitative estimate of drug-likeness (QED) is 0.635. The van der Waals surface area contributed by atoms with Crippen LogP contribution < -0.4 is 11.1 Å². The molecule has 2 fully saturated rings. The van der Waals surface area contributed by atoms with Crippen molar-refractivity contribution < 1.29 is 23.8 Å². The van der Waals surface area contributed by atoms with Gasteiger partial charge in [-0.05, 0) is 62.5 Å². The van der Waals surface area contributed by atoms with Crippen molar-refractivity contribution in [1.82, 2.24) is 4.57 Å². The minimum absolute atomic E-state index is 0.0172. The summed E-state index contributed by atoms with van der Waals surface area (Å²) in [5.41, 5.74) is 9.87. The van der Waals surface area contributed by atoms with E-state index >= 15 is 4.39 Å². The van der Waals surface area contributed by atoms with Crippen LogP contribution in [0.4, 0.5) is 10.1 Å². The second-order valence-electron chi connectivity index (χ2n) is 10.6. The Morgan fingerprint density at radius 2 is 1.91 bits per heavy atom. The number of aromatic nitrogens is 1. The molecule has 3 aliphatic carbocycles. The number of ether oxygens (including phenoxy) is 1. The number of hydrogen-bond acceptors (Lipinski definition) is 5. The maximum Gasteiger partial charge on any atom is 0.253 e. The summed E-state index contributed by atoms with van der Waals surface area (Å²) in [6.07, 6.45) is 7.04. The molecular weight excluding hydrogens is 437 g/mol. The topological polar surface area (TPSA) is 107 Å². The molecule has 1 spiro atoms. The van der Waals surface area contributed by atoms with Gasteiger partial charge in [-0.1, -0.05) is 6.42 Å². The predicted molar refractivity (Wildman–Crippen MR) is 124 cm³/mol. The average molecular weight is 468 g/mol. The number of aliphatic hydroxyl groups excluding tert-OH is 1. The normalized spacial score (nSPS) is 25.1. The van der Waals surface area contributed by atoms with Crippen molar-refractivity contribution in [3.63, 3.8) is 0 Å². The Morgan fingerprint density at radius 3 is 2.59 bits per heavy atom. The van der Waals surface area contributed by atoms with Gasteiger partial charge in [0.15, 0.2) is 5.78 Å². The zero-order valence-corrected chi connectivity index (χ0v) is 19.2. The monoisotopic (exact) mass is 467 g/mol. The first-order valence-electron chi connectivity index (χ1n) is 12.3. The van der Waals surface area contributed by atoms with Crippen LogP contribution in [0.3, 0.4) is 0 Å². The molecule has 180 valence electrons. The van der Waals surface area contributed by atoms with Crippen LogP contribution in [-0.4, -0.2) is 33.5 Å². The van der Waals surface area contributed by atoms with E-state index in [4.69, 9.17) is 10.5 Å². The van der Waals surface area contributed by atoms with Gasteiger partial charge in [0.2, 0.25) is 0 Å². The summed E-state index contributed by atoms with van der Waals surface area (Å²) in [6, 6.07) is 3.14. The maximum absolute atomic E-state index is 15.4. The van der Waals surface area contributed by atoms with Crippen LogP contribution in [0.1, 0.15) is 89.0 Å². The third-order valence-corrected chi connectivity index (χ3v) is 8.37. The summed E-state index contributed by atoms with van der Waals surface area (Å²) in [4.78, 5) is 25.4. The fourth-order valence-corrected chi connectivity index (χ4v) is 6.50. The zero-order chi connectivity index (χ0) is 23.6. The first-order valence-corrected chi connectivity index (χ1v) is 12.3. The van der Waals surface area contributed by atoms with Gasteiger partial charge >= 0.3 is 0 Å². The first kappa shape index (κ1) is 21.8. The van der Waals surface area contributed by atoms with Gasteiger partial charge < -0.3 is 25.5 Å². The van der Waals surface area contributed by atoms with E-state index in [1.54, 1.807) is 6.07 Å². The van der Waals surface area contributed by atoms with Gasteiger partial charge in [-0.3, -0.25) is 9.59 Å². The molecule has 0 bridgehead atoms. The molecule has 0 saturated heterocycles. The van der Waals surface area contributed by atoms with Crippen molar-refractivity contribution in [3.05, 3.63) is 46.0 Å². The molecule has 0 atom stereocenters. The molecule has 34 heavy (non-hydrogen) atoms. The fourth-order valence-electron chi connectivity index (χ4n) is 6.50. The van der Waals surface area contributed by atoms with Crippen LogP contribution in [-0.2, 0) is 24.4 Å². The second-order valence-corrected chi connectivity index (χ2v) is 10.6. The van der Waals surface area contributed by atoms with Crippen LogP contribution in [0.25, 0.3) is 5.69 Å². The largest absolute Gasteiger partial charge is 0.393 e. The standard InChI is InChI=1S/C26H30FN3O4/c27-18-8-15(9-19(24(18)25(28)33)29-14-2-4-16(31)5-3-14)30-20-10-26(6-1-7-26)11-22(32)23(20)17-12-34-13-21(17)30/h8-9,14,16,29,31H,1-7,10-13H2,(H2,28,33)/t14-,16-. The summed E-state index contributed by atoms with van der Waals surface area (Å²) in [7, 11) is 0. The van der Waals surface area contributed by atoms with E-state index in [1.807, 2.05) is 4.57 Å². The van der Waals surface area contributed by atoms with Crippen molar-refractivity contribution in [2.24, 2.45) is 11.1 Å². The number of nitrogens with two attached hydrogens (primary N) is 1. The van der Waals surface area contributed by atoms with Crippen LogP contribution >= 0.6 is 0 Å².